The summed E-state index contributed by atoms with van der Waals surface area (Å²) < 4.78 is 5.30. The average molecular weight is 254 g/mol. The monoisotopic (exact) mass is 253 g/mol. The number of benzene rings is 1. The second kappa shape index (κ2) is 6.15. The van der Waals surface area contributed by atoms with Crippen molar-refractivity contribution in [2.75, 3.05) is 32.2 Å². The van der Waals surface area contributed by atoms with Gasteiger partial charge < -0.3 is 4.74 Å². The highest BCUT2D eigenvalue weighted by molar-refractivity contribution is 6.30. The topological polar surface area (TPSA) is 29.5 Å². The Morgan fingerprint density at radius 3 is 2.47 bits per heavy atom. The number of ether oxygens (including phenoxy) is 1. The SMILES string of the molecule is O=C(CCl)c1ccc(CN2CCOCC2)cc1. The molecular formula is C13H16ClNO2. The fraction of sp³-hybridized carbons (Fsp3) is 0.462. The molecule has 1 aromatic carbocycles. The molecule has 1 saturated heterocycles. The molecule has 2 rings (SSSR count). The number of hydrogen-bond acceptors (Lipinski definition) is 3. The Bertz CT molecular complexity index is 372. The van der Waals surface area contributed by atoms with Crippen LogP contribution in [0.15, 0.2) is 24.3 Å². The first-order valence-electron chi connectivity index (χ1n) is 5.78. The minimum absolute atomic E-state index is 0.0235. The molecule has 1 aliphatic rings. The zero-order valence-corrected chi connectivity index (χ0v) is 10.4. The summed E-state index contributed by atoms with van der Waals surface area (Å²) in [5.41, 5.74) is 1.91. The number of carbonyl (C=O) groups excluding carboxylic acids is 1. The third kappa shape index (κ3) is 3.53. The smallest absolute Gasteiger partial charge is 0.177 e. The van der Waals surface area contributed by atoms with Gasteiger partial charge in [-0.1, -0.05) is 24.3 Å². The minimum Gasteiger partial charge on any atom is -0.379 e. The maximum Gasteiger partial charge on any atom is 0.177 e. The molecule has 1 heterocycles. The normalized spacial score (nSPS) is 17.0. The number of morpholine rings is 1. The molecule has 3 nitrogen and oxygen atoms in total. The number of halogens is 1. The van der Waals surface area contributed by atoms with Gasteiger partial charge in [0.25, 0.3) is 0 Å². The van der Waals surface area contributed by atoms with Gasteiger partial charge in [-0.25, -0.2) is 0 Å². The molecule has 4 heteroatoms. The van der Waals surface area contributed by atoms with Crippen LogP contribution in [-0.2, 0) is 11.3 Å². The quantitative estimate of drug-likeness (QED) is 0.607. The van der Waals surface area contributed by atoms with E-state index in [9.17, 15) is 4.79 Å². The summed E-state index contributed by atoms with van der Waals surface area (Å²) in [6.07, 6.45) is 0. The van der Waals surface area contributed by atoms with Gasteiger partial charge >= 0.3 is 0 Å². The summed E-state index contributed by atoms with van der Waals surface area (Å²) in [4.78, 5) is 13.7. The lowest BCUT2D eigenvalue weighted by Gasteiger charge is -2.26. The molecule has 0 unspecified atom stereocenters. The lowest BCUT2D eigenvalue weighted by molar-refractivity contribution is 0.0342. The number of ketones is 1. The fourth-order valence-corrected chi connectivity index (χ4v) is 2.04. The number of nitrogens with zero attached hydrogens (tertiary/aromatic N) is 1. The van der Waals surface area contributed by atoms with Crippen LogP contribution < -0.4 is 0 Å². The molecule has 17 heavy (non-hydrogen) atoms. The molecule has 0 saturated carbocycles. The summed E-state index contributed by atoms with van der Waals surface area (Å²) >= 11 is 5.51. The average Bonchev–Trinajstić information content (AvgIpc) is 2.40. The van der Waals surface area contributed by atoms with Gasteiger partial charge in [-0.3, -0.25) is 9.69 Å². The first kappa shape index (κ1) is 12.6. The molecule has 1 aliphatic heterocycles. The molecule has 92 valence electrons. The van der Waals surface area contributed by atoms with E-state index in [1.807, 2.05) is 24.3 Å². The van der Waals surface area contributed by atoms with Crippen LogP contribution in [0.5, 0.6) is 0 Å². The number of Topliss-reactive ketones (excluding diaryl/α,β-unsaturated/α-hetero) is 1. The second-order valence-corrected chi connectivity index (χ2v) is 4.41. The predicted octanol–water partition coefficient (Wildman–Crippen LogP) is 1.94. The van der Waals surface area contributed by atoms with Gasteiger partial charge in [0.15, 0.2) is 5.78 Å². The fourth-order valence-electron chi connectivity index (χ4n) is 1.89. The van der Waals surface area contributed by atoms with Crippen molar-refractivity contribution < 1.29 is 9.53 Å². The lowest BCUT2D eigenvalue weighted by atomic mass is 10.1. The van der Waals surface area contributed by atoms with Crippen LogP contribution in [0.2, 0.25) is 0 Å². The van der Waals surface area contributed by atoms with Crippen molar-refractivity contribution in [1.29, 1.82) is 0 Å². The van der Waals surface area contributed by atoms with Gasteiger partial charge in [0.05, 0.1) is 19.1 Å². The number of alkyl halides is 1. The van der Waals surface area contributed by atoms with E-state index in [4.69, 9.17) is 16.3 Å². The highest BCUT2D eigenvalue weighted by Gasteiger charge is 2.11. The highest BCUT2D eigenvalue weighted by atomic mass is 35.5. The van der Waals surface area contributed by atoms with Gasteiger partial charge in [-0.05, 0) is 5.56 Å². The number of hydrogen-bond donors (Lipinski definition) is 0. The first-order chi connectivity index (χ1) is 8.29. The first-order valence-corrected chi connectivity index (χ1v) is 6.31. The highest BCUT2D eigenvalue weighted by Crippen LogP contribution is 2.10. The molecule has 0 N–H and O–H groups in total. The molecule has 0 atom stereocenters. The molecular weight excluding hydrogens is 238 g/mol. The standard InChI is InChI=1S/C13H16ClNO2/c14-9-13(16)12-3-1-11(2-4-12)10-15-5-7-17-8-6-15/h1-4H,5-10H2. The molecule has 0 radical (unpaired) electrons. The largest absolute Gasteiger partial charge is 0.379 e. The van der Waals surface area contributed by atoms with Crippen molar-refractivity contribution in [2.24, 2.45) is 0 Å². The molecule has 0 amide bonds. The van der Waals surface area contributed by atoms with Crippen molar-refractivity contribution in [3.8, 4) is 0 Å². The van der Waals surface area contributed by atoms with Crippen LogP contribution in [0.3, 0.4) is 0 Å². The lowest BCUT2D eigenvalue weighted by Crippen LogP contribution is -2.35. The Hall–Kier alpha value is -0.900. The van der Waals surface area contributed by atoms with Crippen molar-refractivity contribution >= 4 is 17.4 Å². The van der Waals surface area contributed by atoms with Gasteiger partial charge in [0.1, 0.15) is 0 Å². The Balaban J connectivity index is 1.95. The van der Waals surface area contributed by atoms with E-state index in [0.29, 0.717) is 5.56 Å². The van der Waals surface area contributed by atoms with Gasteiger partial charge in [0.2, 0.25) is 0 Å². The zero-order valence-electron chi connectivity index (χ0n) is 9.69. The van der Waals surface area contributed by atoms with Gasteiger partial charge in [0, 0.05) is 25.2 Å². The maximum absolute atomic E-state index is 11.4. The Labute approximate surface area is 106 Å². The van der Waals surface area contributed by atoms with E-state index in [1.165, 1.54) is 5.56 Å². The van der Waals surface area contributed by atoms with Crippen molar-refractivity contribution in [1.82, 2.24) is 4.90 Å². The van der Waals surface area contributed by atoms with Crippen LogP contribution in [0.1, 0.15) is 15.9 Å². The third-order valence-electron chi connectivity index (χ3n) is 2.91. The van der Waals surface area contributed by atoms with Crippen LogP contribution in [0, 0.1) is 0 Å². The van der Waals surface area contributed by atoms with Gasteiger partial charge in [-0.15, -0.1) is 11.6 Å². The second-order valence-electron chi connectivity index (χ2n) is 4.14. The van der Waals surface area contributed by atoms with E-state index in [1.54, 1.807) is 0 Å². The minimum atomic E-state index is -0.0235. The third-order valence-corrected chi connectivity index (χ3v) is 3.15. The Morgan fingerprint density at radius 1 is 1.24 bits per heavy atom. The van der Waals surface area contributed by atoms with E-state index >= 15 is 0 Å². The molecule has 0 spiro atoms. The number of carbonyl (C=O) groups is 1. The molecule has 1 aromatic rings. The van der Waals surface area contributed by atoms with Crippen molar-refractivity contribution in [3.05, 3.63) is 35.4 Å². The van der Waals surface area contributed by atoms with Crippen LogP contribution >= 0.6 is 11.6 Å². The van der Waals surface area contributed by atoms with Crippen LogP contribution in [-0.4, -0.2) is 42.9 Å². The summed E-state index contributed by atoms with van der Waals surface area (Å²) in [7, 11) is 0. The Kier molecular flexibility index (Phi) is 4.54. The number of rotatable bonds is 4. The molecule has 0 bridgehead atoms. The summed E-state index contributed by atoms with van der Waals surface area (Å²) in [6, 6.07) is 7.69. The van der Waals surface area contributed by atoms with Crippen molar-refractivity contribution in [3.63, 3.8) is 0 Å². The van der Waals surface area contributed by atoms with E-state index < -0.39 is 0 Å². The van der Waals surface area contributed by atoms with Crippen LogP contribution in [0.25, 0.3) is 0 Å². The summed E-state index contributed by atoms with van der Waals surface area (Å²) in [5.74, 6) is 0.0209. The van der Waals surface area contributed by atoms with E-state index in [2.05, 4.69) is 4.90 Å². The van der Waals surface area contributed by atoms with E-state index in [-0.39, 0.29) is 11.7 Å². The van der Waals surface area contributed by atoms with E-state index in [0.717, 1.165) is 32.8 Å². The predicted molar refractivity (Wildman–Crippen MR) is 67.6 cm³/mol. The van der Waals surface area contributed by atoms with Crippen molar-refractivity contribution in [2.45, 2.75) is 6.54 Å². The van der Waals surface area contributed by atoms with Gasteiger partial charge in [-0.2, -0.15) is 0 Å². The summed E-state index contributed by atoms with van der Waals surface area (Å²) in [5, 5.41) is 0. The zero-order chi connectivity index (χ0) is 12.1. The molecule has 0 aromatic heterocycles. The maximum atomic E-state index is 11.4. The Morgan fingerprint density at radius 2 is 1.88 bits per heavy atom. The molecule has 0 aliphatic carbocycles. The summed E-state index contributed by atoms with van der Waals surface area (Å²) in [6.45, 7) is 4.48. The van der Waals surface area contributed by atoms with Crippen LogP contribution in [0.4, 0.5) is 0 Å². The molecule has 1 fully saturated rings.